The van der Waals surface area contributed by atoms with Crippen LogP contribution in [0.4, 0.5) is 4.39 Å². The molecule has 0 N–H and O–H groups in total. The zero-order valence-electron chi connectivity index (χ0n) is 12.1. The fraction of sp³-hybridized carbons (Fsp3) is 0.647. The van der Waals surface area contributed by atoms with Gasteiger partial charge in [0.1, 0.15) is 5.82 Å². The van der Waals surface area contributed by atoms with Crippen LogP contribution in [-0.4, -0.2) is 30.2 Å². The minimum Gasteiger partial charge on any atom is -0.321 e. The first-order chi connectivity index (χ1) is 9.13. The largest absolute Gasteiger partial charge is 0.321 e. The Labute approximate surface area is 116 Å². The third-order valence-electron chi connectivity index (χ3n) is 5.66. The molecule has 19 heavy (non-hydrogen) atoms. The van der Waals surface area contributed by atoms with E-state index < -0.39 is 0 Å². The summed E-state index contributed by atoms with van der Waals surface area (Å²) in [6.07, 6.45) is 6.64. The molecule has 2 atom stereocenters. The fourth-order valence-corrected chi connectivity index (χ4v) is 4.60. The van der Waals surface area contributed by atoms with Crippen molar-refractivity contribution in [3.63, 3.8) is 0 Å². The van der Waals surface area contributed by atoms with Gasteiger partial charge in [0.15, 0.2) is 0 Å². The molecule has 0 amide bonds. The number of quaternary nitrogens is 1. The summed E-state index contributed by atoms with van der Waals surface area (Å²) in [5, 5.41) is 0. The van der Waals surface area contributed by atoms with E-state index in [1.807, 2.05) is 12.1 Å². The van der Waals surface area contributed by atoms with Crippen LogP contribution in [0.2, 0.25) is 0 Å². The second kappa shape index (κ2) is 4.90. The Morgan fingerprint density at radius 3 is 2.21 bits per heavy atom. The van der Waals surface area contributed by atoms with Crippen LogP contribution in [0.3, 0.4) is 0 Å². The summed E-state index contributed by atoms with van der Waals surface area (Å²) in [5.74, 6) is 0.537. The van der Waals surface area contributed by atoms with E-state index in [4.69, 9.17) is 0 Å². The minimum absolute atomic E-state index is 0.117. The van der Waals surface area contributed by atoms with E-state index in [0.717, 1.165) is 12.1 Å². The van der Waals surface area contributed by atoms with Gasteiger partial charge in [-0.05, 0) is 30.0 Å². The maximum absolute atomic E-state index is 13.0. The average molecular weight is 262 g/mol. The molecule has 3 rings (SSSR count). The van der Waals surface area contributed by atoms with Crippen LogP contribution in [0.25, 0.3) is 0 Å². The van der Waals surface area contributed by atoms with E-state index in [0.29, 0.717) is 5.92 Å². The van der Waals surface area contributed by atoms with Crippen LogP contribution in [-0.2, 0) is 0 Å². The third-order valence-corrected chi connectivity index (χ3v) is 5.66. The molecule has 1 aromatic rings. The van der Waals surface area contributed by atoms with E-state index in [9.17, 15) is 4.39 Å². The summed E-state index contributed by atoms with van der Waals surface area (Å²) >= 11 is 0. The molecule has 2 saturated heterocycles. The van der Waals surface area contributed by atoms with Gasteiger partial charge >= 0.3 is 0 Å². The van der Waals surface area contributed by atoms with Crippen LogP contribution in [0.15, 0.2) is 24.3 Å². The van der Waals surface area contributed by atoms with Crippen LogP contribution in [0.1, 0.15) is 50.5 Å². The lowest BCUT2D eigenvalue weighted by Crippen LogP contribution is -2.57. The summed E-state index contributed by atoms with van der Waals surface area (Å²) in [6, 6.07) is 8.88. The topological polar surface area (TPSA) is 0 Å². The number of halogens is 1. The first kappa shape index (κ1) is 13.1. The van der Waals surface area contributed by atoms with E-state index in [2.05, 4.69) is 14.0 Å². The minimum atomic E-state index is -0.117. The van der Waals surface area contributed by atoms with Crippen LogP contribution < -0.4 is 0 Å². The zero-order valence-corrected chi connectivity index (χ0v) is 12.1. The fourth-order valence-electron chi connectivity index (χ4n) is 4.60. The summed E-state index contributed by atoms with van der Waals surface area (Å²) in [6.45, 7) is 3.63. The van der Waals surface area contributed by atoms with E-state index in [1.165, 1.54) is 48.7 Å². The lowest BCUT2D eigenvalue weighted by Gasteiger charge is -2.47. The maximum atomic E-state index is 13.0. The highest BCUT2D eigenvalue weighted by Crippen LogP contribution is 2.47. The second-order valence-electron chi connectivity index (χ2n) is 6.68. The molecule has 2 aliphatic heterocycles. The number of rotatable bonds is 3. The van der Waals surface area contributed by atoms with Gasteiger partial charge in [-0.25, -0.2) is 4.39 Å². The van der Waals surface area contributed by atoms with Gasteiger partial charge in [0.2, 0.25) is 0 Å². The van der Waals surface area contributed by atoms with Crippen molar-refractivity contribution in [3.8, 4) is 0 Å². The van der Waals surface area contributed by atoms with Crippen molar-refractivity contribution in [3.05, 3.63) is 35.6 Å². The Kier molecular flexibility index (Phi) is 3.38. The van der Waals surface area contributed by atoms with Crippen LogP contribution in [0, 0.1) is 5.82 Å². The highest BCUT2D eigenvalue weighted by atomic mass is 19.1. The molecule has 2 bridgehead atoms. The first-order valence-electron chi connectivity index (χ1n) is 7.74. The lowest BCUT2D eigenvalue weighted by molar-refractivity contribution is -0.948. The monoisotopic (exact) mass is 262 g/mol. The Balaban J connectivity index is 1.79. The van der Waals surface area contributed by atoms with Crippen molar-refractivity contribution in [2.45, 2.75) is 57.0 Å². The quantitative estimate of drug-likeness (QED) is 0.720. The number of hydrogen-bond donors (Lipinski definition) is 0. The molecule has 0 aromatic heterocycles. The molecule has 2 fully saturated rings. The van der Waals surface area contributed by atoms with Gasteiger partial charge in [-0.2, -0.15) is 0 Å². The highest BCUT2D eigenvalue weighted by Gasteiger charge is 2.50. The predicted octanol–water partition coefficient (Wildman–Crippen LogP) is 4.09. The Hall–Kier alpha value is -0.890. The highest BCUT2D eigenvalue weighted by molar-refractivity contribution is 5.21. The number of benzene rings is 1. The summed E-state index contributed by atoms with van der Waals surface area (Å²) < 4.78 is 14.3. The van der Waals surface area contributed by atoms with Gasteiger partial charge in [-0.1, -0.05) is 19.1 Å². The second-order valence-corrected chi connectivity index (χ2v) is 6.68. The van der Waals surface area contributed by atoms with Crippen molar-refractivity contribution < 1.29 is 8.87 Å². The van der Waals surface area contributed by atoms with Crippen LogP contribution >= 0.6 is 0 Å². The molecular weight excluding hydrogens is 237 g/mol. The molecule has 0 aliphatic carbocycles. The van der Waals surface area contributed by atoms with Gasteiger partial charge in [0, 0.05) is 25.7 Å². The number of fused-ring (bicyclic) bond motifs is 2. The van der Waals surface area contributed by atoms with Gasteiger partial charge in [0.25, 0.3) is 0 Å². The third kappa shape index (κ3) is 2.20. The molecule has 2 aliphatic rings. The summed E-state index contributed by atoms with van der Waals surface area (Å²) in [7, 11) is 2.46. The van der Waals surface area contributed by atoms with Crippen molar-refractivity contribution in [2.24, 2.45) is 0 Å². The van der Waals surface area contributed by atoms with E-state index >= 15 is 0 Å². The molecular formula is C17H25FN+. The number of nitrogens with zero attached hydrogens (tertiary/aromatic N) is 1. The molecule has 1 aromatic carbocycles. The summed E-state index contributed by atoms with van der Waals surface area (Å²) in [5.41, 5.74) is 1.35. The molecule has 2 unspecified atom stereocenters. The number of piperidine rings is 1. The smallest absolute Gasteiger partial charge is 0.123 e. The zero-order chi connectivity index (χ0) is 13.5. The SMILES string of the molecule is CCC[N+]1(C)C2CCC1CC(c1ccc(F)cc1)C2. The molecule has 0 spiro atoms. The van der Waals surface area contributed by atoms with Crippen molar-refractivity contribution in [1.82, 2.24) is 0 Å². The lowest BCUT2D eigenvalue weighted by atomic mass is 9.83. The maximum Gasteiger partial charge on any atom is 0.123 e. The van der Waals surface area contributed by atoms with Crippen molar-refractivity contribution in [1.29, 1.82) is 0 Å². The average Bonchev–Trinajstić information content (AvgIpc) is 2.60. The Morgan fingerprint density at radius 2 is 1.68 bits per heavy atom. The molecule has 104 valence electrons. The van der Waals surface area contributed by atoms with E-state index in [-0.39, 0.29) is 5.82 Å². The van der Waals surface area contributed by atoms with Crippen molar-refractivity contribution in [2.75, 3.05) is 13.6 Å². The molecule has 2 heterocycles. The molecule has 1 nitrogen and oxygen atoms in total. The standard InChI is InChI=1S/C17H25FN/c1-3-10-19(2)16-8-9-17(19)12-14(11-16)13-4-6-15(18)7-5-13/h4-7,14,16-17H,3,8-12H2,1-2H3/q+1. The summed E-state index contributed by atoms with van der Waals surface area (Å²) in [4.78, 5) is 0. The molecule has 2 heteroatoms. The first-order valence-corrected chi connectivity index (χ1v) is 7.74. The Morgan fingerprint density at radius 1 is 1.11 bits per heavy atom. The van der Waals surface area contributed by atoms with Crippen LogP contribution in [0.5, 0.6) is 0 Å². The predicted molar refractivity (Wildman–Crippen MR) is 76.5 cm³/mol. The molecule has 0 radical (unpaired) electrons. The molecule has 0 saturated carbocycles. The van der Waals surface area contributed by atoms with Gasteiger partial charge < -0.3 is 4.48 Å². The van der Waals surface area contributed by atoms with E-state index in [1.54, 1.807) is 12.1 Å². The normalized spacial score (nSPS) is 37.5. The Bertz CT molecular complexity index is 425. The van der Waals surface area contributed by atoms with Gasteiger partial charge in [0.05, 0.1) is 25.7 Å². The van der Waals surface area contributed by atoms with Crippen molar-refractivity contribution >= 4 is 0 Å². The van der Waals surface area contributed by atoms with Gasteiger partial charge in [-0.15, -0.1) is 0 Å². The number of hydrogen-bond acceptors (Lipinski definition) is 0. The van der Waals surface area contributed by atoms with Gasteiger partial charge in [-0.3, -0.25) is 0 Å².